The Morgan fingerprint density at radius 2 is 1.85 bits per heavy atom. The molecule has 3 aromatic rings. The van der Waals surface area contributed by atoms with Crippen molar-refractivity contribution < 1.29 is 9.31 Å². The first kappa shape index (κ1) is 17.3. The number of halogens is 2. The molecule has 0 aliphatic carbocycles. The van der Waals surface area contributed by atoms with Gasteiger partial charge >= 0.3 is 0 Å². The predicted molar refractivity (Wildman–Crippen MR) is 95.9 cm³/mol. The van der Waals surface area contributed by atoms with Gasteiger partial charge in [0, 0.05) is 33.8 Å². The summed E-state index contributed by atoms with van der Waals surface area (Å²) in [6.45, 7) is 0. The monoisotopic (exact) mass is 368 g/mol. The lowest BCUT2D eigenvalue weighted by molar-refractivity contribution is -0.384. The van der Waals surface area contributed by atoms with E-state index >= 15 is 0 Å². The maximum absolute atomic E-state index is 13.1. The van der Waals surface area contributed by atoms with Crippen molar-refractivity contribution >= 4 is 23.1 Å². The van der Waals surface area contributed by atoms with Gasteiger partial charge in [0.15, 0.2) is 0 Å². The molecule has 3 rings (SSSR count). The minimum absolute atomic E-state index is 0.0492. The Kier molecular flexibility index (Phi) is 4.52. The summed E-state index contributed by atoms with van der Waals surface area (Å²) in [6, 6.07) is 13.0. The standard InChI is InChI=1S/C18H10ClFN4O2/c19-16-6-5-12(24(25)26)7-14(16)13-8-17(23-18(22)15(13)9-21)10-1-3-11(20)4-2-10/h1-8H,(H2,22,23). The molecule has 2 N–H and O–H groups in total. The summed E-state index contributed by atoms with van der Waals surface area (Å²) >= 11 is 6.19. The fraction of sp³-hybridized carbons (Fsp3) is 0. The fourth-order valence-corrected chi connectivity index (χ4v) is 2.72. The number of benzene rings is 2. The minimum Gasteiger partial charge on any atom is -0.383 e. The van der Waals surface area contributed by atoms with Gasteiger partial charge in [0.1, 0.15) is 23.3 Å². The second kappa shape index (κ2) is 6.78. The van der Waals surface area contributed by atoms with Gasteiger partial charge in [-0.3, -0.25) is 10.1 Å². The van der Waals surface area contributed by atoms with Gasteiger partial charge < -0.3 is 5.73 Å². The van der Waals surface area contributed by atoms with E-state index in [-0.39, 0.29) is 27.7 Å². The molecule has 0 unspecified atom stereocenters. The van der Waals surface area contributed by atoms with Crippen molar-refractivity contribution in [1.82, 2.24) is 4.98 Å². The molecule has 128 valence electrons. The number of nitriles is 1. The number of nitrogen functional groups attached to an aromatic ring is 1. The first-order chi connectivity index (χ1) is 12.4. The molecule has 1 heterocycles. The van der Waals surface area contributed by atoms with Crippen LogP contribution in [-0.2, 0) is 0 Å². The van der Waals surface area contributed by atoms with Gasteiger partial charge in [-0.25, -0.2) is 9.37 Å². The van der Waals surface area contributed by atoms with E-state index < -0.39 is 10.7 Å². The van der Waals surface area contributed by atoms with Crippen LogP contribution in [0.2, 0.25) is 5.02 Å². The van der Waals surface area contributed by atoms with E-state index in [9.17, 15) is 19.8 Å². The van der Waals surface area contributed by atoms with Crippen molar-refractivity contribution in [2.75, 3.05) is 5.73 Å². The van der Waals surface area contributed by atoms with Gasteiger partial charge in [0.05, 0.1) is 10.6 Å². The molecule has 26 heavy (non-hydrogen) atoms. The molecule has 0 spiro atoms. The molecule has 2 aromatic carbocycles. The number of hydrogen-bond acceptors (Lipinski definition) is 5. The number of aromatic nitrogens is 1. The molecular formula is C18H10ClFN4O2. The van der Waals surface area contributed by atoms with Crippen molar-refractivity contribution in [3.8, 4) is 28.5 Å². The Morgan fingerprint density at radius 3 is 2.46 bits per heavy atom. The molecule has 0 saturated carbocycles. The Balaban J connectivity index is 2.27. The van der Waals surface area contributed by atoms with E-state index in [1.165, 1.54) is 42.5 Å². The van der Waals surface area contributed by atoms with Gasteiger partial charge in [-0.15, -0.1) is 0 Å². The number of nitro benzene ring substituents is 1. The largest absolute Gasteiger partial charge is 0.383 e. The van der Waals surface area contributed by atoms with E-state index in [0.29, 0.717) is 16.8 Å². The third-order valence-electron chi connectivity index (χ3n) is 3.75. The normalized spacial score (nSPS) is 10.3. The average molecular weight is 369 g/mol. The second-order valence-electron chi connectivity index (χ2n) is 5.36. The van der Waals surface area contributed by atoms with E-state index in [0.717, 1.165) is 0 Å². The molecule has 0 amide bonds. The number of rotatable bonds is 3. The highest BCUT2D eigenvalue weighted by atomic mass is 35.5. The smallest absolute Gasteiger partial charge is 0.270 e. The van der Waals surface area contributed by atoms with Crippen molar-refractivity contribution in [1.29, 1.82) is 5.26 Å². The van der Waals surface area contributed by atoms with Gasteiger partial charge in [-0.2, -0.15) is 5.26 Å². The van der Waals surface area contributed by atoms with Crippen LogP contribution in [-0.4, -0.2) is 9.91 Å². The van der Waals surface area contributed by atoms with Crippen molar-refractivity contribution in [3.05, 3.63) is 75.0 Å². The highest BCUT2D eigenvalue weighted by molar-refractivity contribution is 6.33. The number of nitro groups is 1. The number of non-ortho nitro benzene ring substituents is 1. The van der Waals surface area contributed by atoms with Crippen molar-refractivity contribution in [3.63, 3.8) is 0 Å². The number of hydrogen-bond donors (Lipinski definition) is 1. The van der Waals surface area contributed by atoms with E-state index in [1.807, 2.05) is 6.07 Å². The lowest BCUT2D eigenvalue weighted by Crippen LogP contribution is -2.00. The first-order valence-electron chi connectivity index (χ1n) is 7.31. The molecular weight excluding hydrogens is 359 g/mol. The van der Waals surface area contributed by atoms with Crippen LogP contribution in [0.4, 0.5) is 15.9 Å². The molecule has 0 fully saturated rings. The molecule has 0 radical (unpaired) electrons. The molecule has 8 heteroatoms. The molecule has 6 nitrogen and oxygen atoms in total. The van der Waals surface area contributed by atoms with Crippen LogP contribution in [0.25, 0.3) is 22.4 Å². The van der Waals surface area contributed by atoms with Gasteiger partial charge in [0.25, 0.3) is 5.69 Å². The number of nitrogens with zero attached hydrogens (tertiary/aromatic N) is 3. The zero-order valence-electron chi connectivity index (χ0n) is 13.1. The maximum atomic E-state index is 13.1. The maximum Gasteiger partial charge on any atom is 0.270 e. The molecule has 0 aliphatic heterocycles. The van der Waals surface area contributed by atoms with Crippen LogP contribution in [0, 0.1) is 27.3 Å². The Labute approximate surface area is 152 Å². The first-order valence-corrected chi connectivity index (χ1v) is 7.69. The van der Waals surface area contributed by atoms with E-state index in [4.69, 9.17) is 17.3 Å². The molecule has 1 aromatic heterocycles. The Hall–Kier alpha value is -3.50. The van der Waals surface area contributed by atoms with Crippen LogP contribution < -0.4 is 5.73 Å². The minimum atomic E-state index is -0.558. The molecule has 0 bridgehead atoms. The highest BCUT2D eigenvalue weighted by Gasteiger charge is 2.18. The topological polar surface area (TPSA) is 106 Å². The van der Waals surface area contributed by atoms with Crippen LogP contribution in [0.15, 0.2) is 48.5 Å². The number of nitrogens with two attached hydrogens (primary N) is 1. The summed E-state index contributed by atoms with van der Waals surface area (Å²) in [5.74, 6) is -0.454. The number of anilines is 1. The Morgan fingerprint density at radius 1 is 1.15 bits per heavy atom. The van der Waals surface area contributed by atoms with E-state index in [2.05, 4.69) is 4.98 Å². The summed E-state index contributed by atoms with van der Waals surface area (Å²) < 4.78 is 13.1. The summed E-state index contributed by atoms with van der Waals surface area (Å²) in [6.07, 6.45) is 0. The third kappa shape index (κ3) is 3.18. The summed E-state index contributed by atoms with van der Waals surface area (Å²) in [4.78, 5) is 14.7. The SMILES string of the molecule is N#Cc1c(-c2cc([N+](=O)[O-])ccc2Cl)cc(-c2ccc(F)cc2)nc1N. The lowest BCUT2D eigenvalue weighted by atomic mass is 9.98. The summed E-state index contributed by atoms with van der Waals surface area (Å²) in [5.41, 5.74) is 7.34. The van der Waals surface area contributed by atoms with Crippen LogP contribution in [0.3, 0.4) is 0 Å². The average Bonchev–Trinajstić information content (AvgIpc) is 2.62. The van der Waals surface area contributed by atoms with Gasteiger partial charge in [-0.1, -0.05) is 11.6 Å². The molecule has 0 atom stereocenters. The van der Waals surface area contributed by atoms with Gasteiger partial charge in [-0.05, 0) is 36.4 Å². The van der Waals surface area contributed by atoms with Crippen molar-refractivity contribution in [2.24, 2.45) is 0 Å². The van der Waals surface area contributed by atoms with Crippen LogP contribution in [0.1, 0.15) is 5.56 Å². The second-order valence-corrected chi connectivity index (χ2v) is 5.76. The van der Waals surface area contributed by atoms with E-state index in [1.54, 1.807) is 6.07 Å². The molecule has 0 aliphatic rings. The highest BCUT2D eigenvalue weighted by Crippen LogP contribution is 2.37. The Bertz CT molecular complexity index is 1060. The zero-order valence-corrected chi connectivity index (χ0v) is 13.9. The summed E-state index contributed by atoms with van der Waals surface area (Å²) in [5, 5.41) is 20.7. The van der Waals surface area contributed by atoms with Crippen molar-refractivity contribution in [2.45, 2.75) is 0 Å². The van der Waals surface area contributed by atoms with Crippen LogP contribution >= 0.6 is 11.6 Å². The quantitative estimate of drug-likeness (QED) is 0.538. The molecule has 0 saturated heterocycles. The lowest BCUT2D eigenvalue weighted by Gasteiger charge is -2.11. The van der Waals surface area contributed by atoms with Gasteiger partial charge in [0.2, 0.25) is 0 Å². The van der Waals surface area contributed by atoms with Crippen LogP contribution in [0.5, 0.6) is 0 Å². The predicted octanol–water partition coefficient (Wildman–Crippen LogP) is 4.57. The fourth-order valence-electron chi connectivity index (χ4n) is 2.50. The third-order valence-corrected chi connectivity index (χ3v) is 4.08. The summed E-state index contributed by atoms with van der Waals surface area (Å²) in [7, 11) is 0. The number of pyridine rings is 1. The zero-order chi connectivity index (χ0) is 18.8.